The molecule has 0 aliphatic carbocycles. The van der Waals surface area contributed by atoms with Crippen LogP contribution in [0.1, 0.15) is 17.4 Å². The van der Waals surface area contributed by atoms with E-state index < -0.39 is 24.5 Å². The predicted molar refractivity (Wildman–Crippen MR) is 67.6 cm³/mol. The van der Waals surface area contributed by atoms with Crippen LogP contribution in [0.15, 0.2) is 29.1 Å². The minimum atomic E-state index is -4.54. The molecule has 0 amide bonds. The Morgan fingerprint density at radius 1 is 1.33 bits per heavy atom. The van der Waals surface area contributed by atoms with Gasteiger partial charge in [-0.05, 0) is 24.1 Å². The molecule has 21 heavy (non-hydrogen) atoms. The number of H-pyrrole nitrogens is 1. The minimum absolute atomic E-state index is 0.0704. The van der Waals surface area contributed by atoms with Crippen molar-refractivity contribution in [3.8, 4) is 5.75 Å². The molecule has 2 rings (SSSR count). The molecule has 1 aromatic heterocycles. The lowest BCUT2D eigenvalue weighted by molar-refractivity contribution is -0.141. The summed E-state index contributed by atoms with van der Waals surface area (Å²) < 4.78 is 37.8. The van der Waals surface area contributed by atoms with Gasteiger partial charge in [-0.1, -0.05) is 12.1 Å². The first kappa shape index (κ1) is 15.1. The molecule has 2 aromatic rings. The van der Waals surface area contributed by atoms with Crippen molar-refractivity contribution in [2.45, 2.75) is 25.2 Å². The maximum Gasteiger partial charge on any atom is 0.406 e. The lowest BCUT2D eigenvalue weighted by Gasteiger charge is -2.14. The van der Waals surface area contributed by atoms with Gasteiger partial charge in [0, 0.05) is 0 Å². The summed E-state index contributed by atoms with van der Waals surface area (Å²) in [6.07, 6.45) is -4.36. The van der Waals surface area contributed by atoms with E-state index in [1.807, 2.05) is 5.10 Å². The molecule has 0 bridgehead atoms. The summed E-state index contributed by atoms with van der Waals surface area (Å²) in [5.74, 6) is -0.0912. The fourth-order valence-corrected chi connectivity index (χ4v) is 1.92. The van der Waals surface area contributed by atoms with Crippen LogP contribution >= 0.6 is 0 Å². The van der Waals surface area contributed by atoms with E-state index in [9.17, 15) is 18.0 Å². The van der Waals surface area contributed by atoms with Crippen LogP contribution in [-0.4, -0.2) is 26.0 Å². The number of nitrogens with one attached hydrogen (secondary N) is 1. The molecular weight excluding hydrogens is 289 g/mol. The number of alkyl halides is 3. The van der Waals surface area contributed by atoms with E-state index in [1.54, 1.807) is 12.1 Å². The number of nitrogens with two attached hydrogens (primary N) is 1. The van der Waals surface area contributed by atoms with Gasteiger partial charge in [0.25, 0.3) is 0 Å². The van der Waals surface area contributed by atoms with E-state index in [0.717, 1.165) is 0 Å². The average molecular weight is 302 g/mol. The fraction of sp³-hybridized carbons (Fsp3) is 0.333. The second-order valence-electron chi connectivity index (χ2n) is 4.57. The highest BCUT2D eigenvalue weighted by atomic mass is 19.4. The lowest BCUT2D eigenvalue weighted by atomic mass is 10.1. The van der Waals surface area contributed by atoms with E-state index in [2.05, 4.69) is 5.10 Å². The third-order valence-corrected chi connectivity index (χ3v) is 2.85. The van der Waals surface area contributed by atoms with Crippen molar-refractivity contribution in [2.75, 3.05) is 0 Å². The monoisotopic (exact) mass is 302 g/mol. The van der Waals surface area contributed by atoms with Gasteiger partial charge >= 0.3 is 11.9 Å². The van der Waals surface area contributed by atoms with Gasteiger partial charge in [-0.2, -0.15) is 18.3 Å². The first-order chi connectivity index (χ1) is 9.76. The van der Waals surface area contributed by atoms with Crippen molar-refractivity contribution in [3.05, 3.63) is 46.1 Å². The number of hydrogen-bond acceptors (Lipinski definition) is 4. The largest absolute Gasteiger partial charge is 0.508 e. The summed E-state index contributed by atoms with van der Waals surface area (Å²) in [6, 6.07) is 5.18. The summed E-state index contributed by atoms with van der Waals surface area (Å²) in [4.78, 5) is 11.4. The van der Waals surface area contributed by atoms with Gasteiger partial charge in [0.05, 0.1) is 6.04 Å². The third kappa shape index (κ3) is 3.85. The number of nitrogens with zero attached hydrogens (tertiary/aromatic N) is 2. The first-order valence-electron chi connectivity index (χ1n) is 6.01. The van der Waals surface area contributed by atoms with Crippen molar-refractivity contribution in [1.82, 2.24) is 14.8 Å². The van der Waals surface area contributed by atoms with Crippen molar-refractivity contribution in [3.63, 3.8) is 0 Å². The molecule has 4 N–H and O–H groups in total. The molecule has 0 radical (unpaired) electrons. The van der Waals surface area contributed by atoms with Crippen LogP contribution in [0.4, 0.5) is 13.2 Å². The van der Waals surface area contributed by atoms with Crippen molar-refractivity contribution >= 4 is 0 Å². The van der Waals surface area contributed by atoms with E-state index in [-0.39, 0.29) is 18.0 Å². The number of aromatic nitrogens is 3. The molecule has 0 fully saturated rings. The minimum Gasteiger partial charge on any atom is -0.508 e. The van der Waals surface area contributed by atoms with Crippen molar-refractivity contribution in [2.24, 2.45) is 5.73 Å². The van der Waals surface area contributed by atoms with Crippen LogP contribution in [0.3, 0.4) is 0 Å². The Morgan fingerprint density at radius 2 is 1.95 bits per heavy atom. The SMILES string of the molecule is N[C@@H](Cc1ccc(O)cc1)c1n[nH]c(=O)n1CC(F)(F)F. The number of phenolic OH excluding ortho intramolecular Hbond substituents is 1. The summed E-state index contributed by atoms with van der Waals surface area (Å²) in [7, 11) is 0. The second-order valence-corrected chi connectivity index (χ2v) is 4.57. The summed E-state index contributed by atoms with van der Waals surface area (Å²) in [6.45, 7) is -1.44. The smallest absolute Gasteiger partial charge is 0.406 e. The molecule has 0 spiro atoms. The Bertz CT molecular complexity index is 660. The van der Waals surface area contributed by atoms with E-state index in [1.165, 1.54) is 12.1 Å². The standard InChI is InChI=1S/C12H13F3N4O2/c13-12(14,15)6-19-10(17-18-11(19)21)9(16)5-7-1-3-8(20)4-2-7/h1-4,9,20H,5-6,16H2,(H,18,21)/t9-/m0/s1. The van der Waals surface area contributed by atoms with Crippen LogP contribution in [0, 0.1) is 0 Å². The number of halogens is 3. The summed E-state index contributed by atoms with van der Waals surface area (Å²) >= 11 is 0. The first-order valence-corrected chi connectivity index (χ1v) is 6.01. The topological polar surface area (TPSA) is 96.9 Å². The van der Waals surface area contributed by atoms with Crippen LogP contribution in [0.5, 0.6) is 5.75 Å². The Hall–Kier alpha value is -2.29. The normalized spacial score (nSPS) is 13.3. The zero-order valence-corrected chi connectivity index (χ0v) is 10.8. The number of benzene rings is 1. The average Bonchev–Trinajstić information content (AvgIpc) is 2.72. The Labute approximate surface area is 117 Å². The molecule has 114 valence electrons. The van der Waals surface area contributed by atoms with E-state index >= 15 is 0 Å². The summed E-state index contributed by atoms with van der Waals surface area (Å²) in [5.41, 5.74) is 5.57. The Kier molecular flexibility index (Phi) is 4.03. The van der Waals surface area contributed by atoms with Gasteiger partial charge in [0.2, 0.25) is 0 Å². The number of phenols is 1. The van der Waals surface area contributed by atoms with Gasteiger partial charge in [0.1, 0.15) is 12.3 Å². The molecule has 0 saturated heterocycles. The quantitative estimate of drug-likeness (QED) is 0.787. The maximum absolute atomic E-state index is 12.4. The van der Waals surface area contributed by atoms with E-state index in [0.29, 0.717) is 10.1 Å². The molecule has 0 aliphatic heterocycles. The zero-order chi connectivity index (χ0) is 15.6. The number of rotatable bonds is 4. The van der Waals surface area contributed by atoms with Crippen LogP contribution < -0.4 is 11.4 Å². The van der Waals surface area contributed by atoms with Crippen LogP contribution in [0.2, 0.25) is 0 Å². The number of aromatic hydroxyl groups is 1. The second kappa shape index (κ2) is 5.60. The molecule has 1 atom stereocenters. The fourth-order valence-electron chi connectivity index (χ4n) is 1.92. The van der Waals surface area contributed by atoms with Crippen molar-refractivity contribution in [1.29, 1.82) is 0 Å². The van der Waals surface area contributed by atoms with Gasteiger partial charge in [-0.15, -0.1) is 0 Å². The molecule has 0 saturated carbocycles. The Morgan fingerprint density at radius 3 is 2.52 bits per heavy atom. The lowest BCUT2D eigenvalue weighted by Crippen LogP contribution is -2.30. The van der Waals surface area contributed by atoms with Gasteiger partial charge in [-0.25, -0.2) is 9.89 Å². The molecule has 9 heteroatoms. The van der Waals surface area contributed by atoms with Gasteiger partial charge < -0.3 is 10.8 Å². The molecular formula is C12H13F3N4O2. The summed E-state index contributed by atoms with van der Waals surface area (Å²) in [5, 5.41) is 14.7. The predicted octanol–water partition coefficient (Wildman–Crippen LogP) is 1.08. The number of hydrogen-bond donors (Lipinski definition) is 3. The third-order valence-electron chi connectivity index (χ3n) is 2.85. The molecule has 1 aromatic carbocycles. The van der Waals surface area contributed by atoms with E-state index in [4.69, 9.17) is 10.8 Å². The zero-order valence-electron chi connectivity index (χ0n) is 10.8. The highest BCUT2D eigenvalue weighted by molar-refractivity contribution is 5.26. The number of aromatic amines is 1. The van der Waals surface area contributed by atoms with Crippen molar-refractivity contribution < 1.29 is 18.3 Å². The van der Waals surface area contributed by atoms with Gasteiger partial charge in [0.15, 0.2) is 5.82 Å². The van der Waals surface area contributed by atoms with Crippen LogP contribution in [0.25, 0.3) is 0 Å². The van der Waals surface area contributed by atoms with Gasteiger partial charge in [-0.3, -0.25) is 4.57 Å². The molecule has 1 heterocycles. The maximum atomic E-state index is 12.4. The molecule has 0 aliphatic rings. The van der Waals surface area contributed by atoms with Crippen LogP contribution in [-0.2, 0) is 13.0 Å². The highest BCUT2D eigenvalue weighted by Crippen LogP contribution is 2.20. The molecule has 0 unspecified atom stereocenters. The molecule has 6 nitrogen and oxygen atoms in total. The Balaban J connectivity index is 2.21. The highest BCUT2D eigenvalue weighted by Gasteiger charge is 2.31.